The average Bonchev–Trinajstić information content (AvgIpc) is 3.25. The fourth-order valence-corrected chi connectivity index (χ4v) is 3.04. The third-order valence-corrected chi connectivity index (χ3v) is 4.31. The number of carbonyl (C=O) groups is 1. The van der Waals surface area contributed by atoms with E-state index in [0.29, 0.717) is 5.65 Å². The van der Waals surface area contributed by atoms with Gasteiger partial charge in [0, 0.05) is 39.3 Å². The van der Waals surface area contributed by atoms with Crippen LogP contribution in [-0.2, 0) is 0 Å². The number of nitrogens with zero attached hydrogens (tertiary/aromatic N) is 8. The van der Waals surface area contributed by atoms with Gasteiger partial charge in [0.05, 0.1) is 0 Å². The van der Waals surface area contributed by atoms with Gasteiger partial charge in [0.15, 0.2) is 11.5 Å². The smallest absolute Gasteiger partial charge is 0.320 e. The van der Waals surface area contributed by atoms with Crippen LogP contribution in [0.3, 0.4) is 0 Å². The highest BCUT2D eigenvalue weighted by Gasteiger charge is 2.27. The van der Waals surface area contributed by atoms with E-state index in [1.807, 2.05) is 21.9 Å². The molecule has 9 nitrogen and oxygen atoms in total. The molecule has 2 aromatic heterocycles. The van der Waals surface area contributed by atoms with Crippen LogP contribution in [0.15, 0.2) is 12.1 Å². The Balaban J connectivity index is 1.41. The van der Waals surface area contributed by atoms with Crippen LogP contribution in [0.5, 0.6) is 0 Å². The summed E-state index contributed by atoms with van der Waals surface area (Å²) >= 11 is 0. The van der Waals surface area contributed by atoms with Crippen molar-refractivity contribution in [2.75, 3.05) is 44.2 Å². The zero-order valence-electron chi connectivity index (χ0n) is 12.3. The van der Waals surface area contributed by atoms with Gasteiger partial charge in [-0.2, -0.15) is 0 Å². The van der Waals surface area contributed by atoms with Crippen molar-refractivity contribution in [1.29, 1.82) is 0 Å². The van der Waals surface area contributed by atoms with Crippen molar-refractivity contribution in [3.8, 4) is 0 Å². The predicted molar refractivity (Wildman–Crippen MR) is 78.6 cm³/mol. The van der Waals surface area contributed by atoms with E-state index in [0.717, 1.165) is 57.9 Å². The SMILES string of the molecule is O=C(N1CCCC1)N1CCN(c2ccc3nnnn3n2)CC1. The predicted octanol–water partition coefficient (Wildman–Crippen LogP) is -0.143. The number of likely N-dealkylation sites (tertiary alicyclic amines) is 1. The van der Waals surface area contributed by atoms with Gasteiger partial charge in [-0.05, 0) is 35.4 Å². The molecule has 0 N–H and O–H groups in total. The molecule has 2 amide bonds. The van der Waals surface area contributed by atoms with Gasteiger partial charge in [0.2, 0.25) is 0 Å². The largest absolute Gasteiger partial charge is 0.352 e. The van der Waals surface area contributed by atoms with Crippen LogP contribution in [0.25, 0.3) is 5.65 Å². The van der Waals surface area contributed by atoms with Gasteiger partial charge in [0.25, 0.3) is 0 Å². The molecule has 0 saturated carbocycles. The van der Waals surface area contributed by atoms with E-state index in [4.69, 9.17) is 0 Å². The van der Waals surface area contributed by atoms with E-state index in [-0.39, 0.29) is 6.03 Å². The van der Waals surface area contributed by atoms with Crippen molar-refractivity contribution in [3.63, 3.8) is 0 Å². The summed E-state index contributed by atoms with van der Waals surface area (Å²) in [5.74, 6) is 0.841. The molecular weight excluding hydrogens is 284 g/mol. The van der Waals surface area contributed by atoms with Gasteiger partial charge in [-0.1, -0.05) is 0 Å². The minimum absolute atomic E-state index is 0.182. The first-order chi connectivity index (χ1) is 10.8. The number of amides is 2. The maximum absolute atomic E-state index is 12.4. The van der Waals surface area contributed by atoms with Crippen molar-refractivity contribution < 1.29 is 4.79 Å². The molecule has 2 aromatic rings. The molecule has 0 unspecified atom stereocenters. The molecule has 4 rings (SSSR count). The zero-order chi connectivity index (χ0) is 14.9. The lowest BCUT2D eigenvalue weighted by Gasteiger charge is -2.36. The van der Waals surface area contributed by atoms with Gasteiger partial charge >= 0.3 is 6.03 Å². The molecule has 0 atom stereocenters. The Morgan fingerprint density at radius 2 is 1.68 bits per heavy atom. The molecule has 2 aliphatic heterocycles. The molecule has 0 radical (unpaired) electrons. The summed E-state index contributed by atoms with van der Waals surface area (Å²) in [6, 6.07) is 3.95. The van der Waals surface area contributed by atoms with E-state index in [1.54, 1.807) is 0 Å². The van der Waals surface area contributed by atoms with Crippen LogP contribution in [0.1, 0.15) is 12.8 Å². The number of rotatable bonds is 1. The number of hydrogen-bond acceptors (Lipinski definition) is 6. The summed E-state index contributed by atoms with van der Waals surface area (Å²) in [5.41, 5.74) is 0.631. The number of anilines is 1. The van der Waals surface area contributed by atoms with Crippen LogP contribution in [0.4, 0.5) is 10.6 Å². The Bertz CT molecular complexity index is 671. The molecule has 0 bridgehead atoms. The molecule has 0 aliphatic carbocycles. The Hall–Kier alpha value is -2.45. The summed E-state index contributed by atoms with van der Waals surface area (Å²) in [6.07, 6.45) is 2.25. The van der Waals surface area contributed by atoms with Crippen LogP contribution >= 0.6 is 0 Å². The number of carbonyl (C=O) groups excluding carboxylic acids is 1. The Labute approximate surface area is 127 Å². The standard InChI is InChI=1S/C13H18N8O/c22-13(19-5-1-2-6-19)20-9-7-18(8-10-20)12-4-3-11-14-16-17-21(11)15-12/h3-4H,1-2,5-10H2. The summed E-state index contributed by atoms with van der Waals surface area (Å²) in [5, 5.41) is 15.7. The maximum Gasteiger partial charge on any atom is 0.320 e. The Morgan fingerprint density at radius 3 is 2.45 bits per heavy atom. The van der Waals surface area contributed by atoms with E-state index < -0.39 is 0 Å². The van der Waals surface area contributed by atoms with Gasteiger partial charge in [-0.25, -0.2) is 4.79 Å². The fourth-order valence-electron chi connectivity index (χ4n) is 3.04. The molecule has 4 heterocycles. The highest BCUT2D eigenvalue weighted by atomic mass is 16.2. The van der Waals surface area contributed by atoms with Crippen LogP contribution in [0.2, 0.25) is 0 Å². The first kappa shape index (κ1) is 13.2. The lowest BCUT2D eigenvalue weighted by atomic mass is 10.3. The van der Waals surface area contributed by atoms with E-state index in [2.05, 4.69) is 25.5 Å². The number of piperazine rings is 1. The fraction of sp³-hybridized carbons (Fsp3) is 0.615. The monoisotopic (exact) mass is 302 g/mol. The van der Waals surface area contributed by atoms with Crippen molar-refractivity contribution in [1.82, 2.24) is 35.1 Å². The Morgan fingerprint density at radius 1 is 0.955 bits per heavy atom. The number of aromatic nitrogens is 5. The summed E-state index contributed by atoms with van der Waals surface area (Å²) < 4.78 is 1.43. The molecular formula is C13H18N8O. The second-order valence-electron chi connectivity index (χ2n) is 5.67. The normalized spacial score (nSPS) is 19.2. The Kier molecular flexibility index (Phi) is 3.24. The number of urea groups is 1. The number of fused-ring (bicyclic) bond motifs is 1. The van der Waals surface area contributed by atoms with Crippen molar-refractivity contribution >= 4 is 17.5 Å². The van der Waals surface area contributed by atoms with Crippen LogP contribution in [-0.4, -0.2) is 80.4 Å². The molecule has 2 fully saturated rings. The van der Waals surface area contributed by atoms with Crippen molar-refractivity contribution in [2.45, 2.75) is 12.8 Å². The number of tetrazole rings is 1. The third-order valence-electron chi connectivity index (χ3n) is 4.31. The molecule has 116 valence electrons. The van der Waals surface area contributed by atoms with Crippen molar-refractivity contribution in [2.24, 2.45) is 0 Å². The number of hydrogen-bond donors (Lipinski definition) is 0. The quantitative estimate of drug-likeness (QED) is 0.729. The van der Waals surface area contributed by atoms with Gasteiger partial charge in [0.1, 0.15) is 0 Å². The average molecular weight is 302 g/mol. The summed E-state index contributed by atoms with van der Waals surface area (Å²) in [7, 11) is 0. The van der Waals surface area contributed by atoms with Gasteiger partial charge < -0.3 is 14.7 Å². The third kappa shape index (κ3) is 2.32. The minimum atomic E-state index is 0.182. The molecule has 2 saturated heterocycles. The lowest BCUT2D eigenvalue weighted by Crippen LogP contribution is -2.52. The molecule has 0 aromatic carbocycles. The zero-order valence-corrected chi connectivity index (χ0v) is 12.3. The molecule has 22 heavy (non-hydrogen) atoms. The van der Waals surface area contributed by atoms with E-state index in [9.17, 15) is 4.79 Å². The van der Waals surface area contributed by atoms with Crippen LogP contribution in [0, 0.1) is 0 Å². The first-order valence-corrected chi connectivity index (χ1v) is 7.65. The summed E-state index contributed by atoms with van der Waals surface area (Å²) in [4.78, 5) is 18.4. The second kappa shape index (κ2) is 5.39. The molecule has 0 spiro atoms. The van der Waals surface area contributed by atoms with Gasteiger partial charge in [-0.3, -0.25) is 0 Å². The maximum atomic E-state index is 12.4. The van der Waals surface area contributed by atoms with Crippen LogP contribution < -0.4 is 4.90 Å². The van der Waals surface area contributed by atoms with Gasteiger partial charge in [-0.15, -0.1) is 14.8 Å². The van der Waals surface area contributed by atoms with Crippen molar-refractivity contribution in [3.05, 3.63) is 12.1 Å². The lowest BCUT2D eigenvalue weighted by molar-refractivity contribution is 0.159. The highest BCUT2D eigenvalue weighted by molar-refractivity contribution is 5.75. The summed E-state index contributed by atoms with van der Waals surface area (Å²) in [6.45, 7) is 4.81. The van der Waals surface area contributed by atoms with E-state index in [1.165, 1.54) is 4.63 Å². The molecule has 2 aliphatic rings. The minimum Gasteiger partial charge on any atom is -0.352 e. The highest BCUT2D eigenvalue weighted by Crippen LogP contribution is 2.16. The first-order valence-electron chi connectivity index (χ1n) is 7.65. The van der Waals surface area contributed by atoms with E-state index >= 15 is 0 Å². The molecule has 9 heteroatoms. The second-order valence-corrected chi connectivity index (χ2v) is 5.67. The topological polar surface area (TPSA) is 82.8 Å².